The van der Waals surface area contributed by atoms with Crippen molar-refractivity contribution in [3.8, 4) is 0 Å². The van der Waals surface area contributed by atoms with Crippen LogP contribution in [0.5, 0.6) is 0 Å². The maximum absolute atomic E-state index is 10.9. The Bertz CT molecular complexity index is 435. The summed E-state index contributed by atoms with van der Waals surface area (Å²) in [4.78, 5) is 10.9. The molecule has 0 saturated heterocycles. The first-order valence-electron chi connectivity index (χ1n) is 6.38. The number of benzene rings is 1. The minimum absolute atomic E-state index is 0.192. The third-order valence-electron chi connectivity index (χ3n) is 3.78. The topological polar surface area (TPSA) is 46.5 Å². The van der Waals surface area contributed by atoms with Crippen LogP contribution in [0, 0.1) is 5.92 Å². The molecule has 1 saturated carbocycles. The molecule has 98 valence electrons. The Labute approximate surface area is 108 Å². The number of methoxy groups -OCH3 is 1. The van der Waals surface area contributed by atoms with Gasteiger partial charge >= 0.3 is 5.97 Å². The van der Waals surface area contributed by atoms with Crippen LogP contribution >= 0.6 is 0 Å². The fourth-order valence-corrected chi connectivity index (χ4v) is 2.41. The van der Waals surface area contributed by atoms with Crippen LogP contribution < -0.4 is 0 Å². The van der Waals surface area contributed by atoms with Gasteiger partial charge in [-0.3, -0.25) is 4.79 Å². The predicted octanol–water partition coefficient (Wildman–Crippen LogP) is 2.63. The largest absolute Gasteiger partial charge is 0.481 e. The van der Waals surface area contributed by atoms with Gasteiger partial charge < -0.3 is 9.84 Å². The SMILES string of the molecule is COCC1(c2cccc(CC(C)C(=O)O)c2)CC1. The van der Waals surface area contributed by atoms with E-state index in [4.69, 9.17) is 9.84 Å². The molecule has 1 aliphatic rings. The van der Waals surface area contributed by atoms with E-state index in [0.717, 1.165) is 12.2 Å². The Morgan fingerprint density at radius 3 is 2.78 bits per heavy atom. The number of carbonyl (C=O) groups is 1. The number of carboxylic acid groups (broad SMARTS) is 1. The summed E-state index contributed by atoms with van der Waals surface area (Å²) < 4.78 is 5.29. The number of rotatable bonds is 6. The highest BCUT2D eigenvalue weighted by molar-refractivity contribution is 5.69. The molecule has 3 heteroatoms. The van der Waals surface area contributed by atoms with Crippen LogP contribution in [-0.4, -0.2) is 24.8 Å². The molecule has 18 heavy (non-hydrogen) atoms. The lowest BCUT2D eigenvalue weighted by Gasteiger charge is -2.16. The van der Waals surface area contributed by atoms with E-state index < -0.39 is 5.97 Å². The summed E-state index contributed by atoms with van der Waals surface area (Å²) in [7, 11) is 1.73. The maximum Gasteiger partial charge on any atom is 0.306 e. The van der Waals surface area contributed by atoms with Gasteiger partial charge in [0, 0.05) is 12.5 Å². The van der Waals surface area contributed by atoms with Crippen molar-refractivity contribution in [1.82, 2.24) is 0 Å². The van der Waals surface area contributed by atoms with Crippen molar-refractivity contribution < 1.29 is 14.6 Å². The van der Waals surface area contributed by atoms with Gasteiger partial charge in [0.25, 0.3) is 0 Å². The highest BCUT2D eigenvalue weighted by atomic mass is 16.5. The first-order chi connectivity index (χ1) is 8.57. The van der Waals surface area contributed by atoms with Gasteiger partial charge in [-0.05, 0) is 30.4 Å². The number of carboxylic acids is 1. The van der Waals surface area contributed by atoms with Crippen molar-refractivity contribution in [3.05, 3.63) is 35.4 Å². The van der Waals surface area contributed by atoms with Crippen LogP contribution in [-0.2, 0) is 21.4 Å². The molecule has 3 nitrogen and oxygen atoms in total. The van der Waals surface area contributed by atoms with Crippen LogP contribution in [0.2, 0.25) is 0 Å². The lowest BCUT2D eigenvalue weighted by atomic mass is 9.92. The second-order valence-corrected chi connectivity index (χ2v) is 5.36. The quantitative estimate of drug-likeness (QED) is 0.841. The molecule has 0 aromatic heterocycles. The third-order valence-corrected chi connectivity index (χ3v) is 3.78. The fourth-order valence-electron chi connectivity index (χ4n) is 2.41. The third kappa shape index (κ3) is 2.72. The average Bonchev–Trinajstić information content (AvgIpc) is 3.11. The molecule has 1 aromatic rings. The zero-order valence-electron chi connectivity index (χ0n) is 11.0. The normalized spacial score (nSPS) is 18.3. The second-order valence-electron chi connectivity index (χ2n) is 5.36. The molecule has 0 aliphatic heterocycles. The van der Waals surface area contributed by atoms with E-state index in [1.165, 1.54) is 18.4 Å². The van der Waals surface area contributed by atoms with Gasteiger partial charge in [0.15, 0.2) is 0 Å². The van der Waals surface area contributed by atoms with Crippen LogP contribution in [0.4, 0.5) is 0 Å². The molecule has 1 N–H and O–H groups in total. The number of ether oxygens (including phenoxy) is 1. The van der Waals surface area contributed by atoms with Crippen LogP contribution in [0.25, 0.3) is 0 Å². The number of aliphatic carboxylic acids is 1. The van der Waals surface area contributed by atoms with E-state index in [9.17, 15) is 4.79 Å². The lowest BCUT2D eigenvalue weighted by Crippen LogP contribution is -2.15. The molecular weight excluding hydrogens is 228 g/mol. The molecule has 0 radical (unpaired) electrons. The zero-order valence-corrected chi connectivity index (χ0v) is 11.0. The van der Waals surface area contributed by atoms with E-state index in [-0.39, 0.29) is 11.3 Å². The molecule has 1 aliphatic carbocycles. The lowest BCUT2D eigenvalue weighted by molar-refractivity contribution is -0.141. The van der Waals surface area contributed by atoms with Crippen molar-refractivity contribution in [1.29, 1.82) is 0 Å². The van der Waals surface area contributed by atoms with E-state index in [1.54, 1.807) is 14.0 Å². The summed E-state index contributed by atoms with van der Waals surface area (Å²) in [6, 6.07) is 8.30. The Morgan fingerprint density at radius 1 is 1.50 bits per heavy atom. The molecule has 1 aromatic carbocycles. The van der Waals surface area contributed by atoms with Crippen LogP contribution in [0.1, 0.15) is 30.9 Å². The molecule has 1 atom stereocenters. The van der Waals surface area contributed by atoms with Crippen molar-refractivity contribution >= 4 is 5.97 Å². The fraction of sp³-hybridized carbons (Fsp3) is 0.533. The van der Waals surface area contributed by atoms with Gasteiger partial charge in [0.1, 0.15) is 0 Å². The van der Waals surface area contributed by atoms with E-state index in [1.807, 2.05) is 12.1 Å². The van der Waals surface area contributed by atoms with Gasteiger partial charge in [0.05, 0.1) is 12.5 Å². The number of hydrogen-bond acceptors (Lipinski definition) is 2. The van der Waals surface area contributed by atoms with Crippen molar-refractivity contribution in [2.45, 2.75) is 31.6 Å². The predicted molar refractivity (Wildman–Crippen MR) is 69.7 cm³/mol. The van der Waals surface area contributed by atoms with E-state index in [2.05, 4.69) is 12.1 Å². The Kier molecular flexibility index (Phi) is 3.71. The summed E-state index contributed by atoms with van der Waals surface area (Å²) >= 11 is 0. The number of hydrogen-bond donors (Lipinski definition) is 1. The summed E-state index contributed by atoms with van der Waals surface area (Å²) in [6.07, 6.45) is 2.92. The molecular formula is C15H20O3. The second kappa shape index (κ2) is 5.11. The van der Waals surface area contributed by atoms with Gasteiger partial charge in [-0.25, -0.2) is 0 Å². The van der Waals surface area contributed by atoms with Crippen LogP contribution in [0.3, 0.4) is 0 Å². The maximum atomic E-state index is 10.9. The van der Waals surface area contributed by atoms with Gasteiger partial charge in [-0.15, -0.1) is 0 Å². The summed E-state index contributed by atoms with van der Waals surface area (Å²) in [5, 5.41) is 8.95. The molecule has 0 amide bonds. The highest BCUT2D eigenvalue weighted by Crippen LogP contribution is 2.48. The smallest absolute Gasteiger partial charge is 0.306 e. The van der Waals surface area contributed by atoms with Gasteiger partial charge in [-0.2, -0.15) is 0 Å². The molecule has 2 rings (SSSR count). The Balaban J connectivity index is 2.13. The minimum atomic E-state index is -0.738. The van der Waals surface area contributed by atoms with Gasteiger partial charge in [-0.1, -0.05) is 31.2 Å². The molecule has 1 fully saturated rings. The van der Waals surface area contributed by atoms with Crippen molar-refractivity contribution in [3.63, 3.8) is 0 Å². The minimum Gasteiger partial charge on any atom is -0.481 e. The zero-order chi connectivity index (χ0) is 13.2. The molecule has 0 bridgehead atoms. The van der Waals surface area contributed by atoms with Crippen LogP contribution in [0.15, 0.2) is 24.3 Å². The summed E-state index contributed by atoms with van der Waals surface area (Å²) in [5.41, 5.74) is 2.58. The first-order valence-corrected chi connectivity index (χ1v) is 6.38. The monoisotopic (exact) mass is 248 g/mol. The van der Waals surface area contributed by atoms with E-state index >= 15 is 0 Å². The molecule has 0 heterocycles. The molecule has 1 unspecified atom stereocenters. The summed E-state index contributed by atoms with van der Waals surface area (Å²) in [6.45, 7) is 2.50. The van der Waals surface area contributed by atoms with Crippen molar-refractivity contribution in [2.24, 2.45) is 5.92 Å². The molecule has 0 spiro atoms. The highest BCUT2D eigenvalue weighted by Gasteiger charge is 2.44. The van der Waals surface area contributed by atoms with E-state index in [0.29, 0.717) is 6.42 Å². The summed E-state index contributed by atoms with van der Waals surface area (Å²) in [5.74, 6) is -1.07. The first kappa shape index (κ1) is 13.1. The Morgan fingerprint density at radius 2 is 2.22 bits per heavy atom. The Hall–Kier alpha value is -1.35. The van der Waals surface area contributed by atoms with Crippen molar-refractivity contribution in [2.75, 3.05) is 13.7 Å². The standard InChI is InChI=1S/C15H20O3/c1-11(14(16)17)8-12-4-3-5-13(9-12)15(6-7-15)10-18-2/h3-5,9,11H,6-8,10H2,1-2H3,(H,16,17). The van der Waals surface area contributed by atoms with Gasteiger partial charge in [0.2, 0.25) is 0 Å². The average molecular weight is 248 g/mol.